The third-order valence-electron chi connectivity index (χ3n) is 5.98. The van der Waals surface area contributed by atoms with Gasteiger partial charge in [-0.25, -0.2) is 0 Å². The van der Waals surface area contributed by atoms with Crippen LogP contribution in [-0.2, 0) is 17.6 Å². The third-order valence-corrected chi connectivity index (χ3v) is 5.98. The third kappa shape index (κ3) is 3.24. The monoisotopic (exact) mass is 396 g/mol. The lowest BCUT2D eigenvalue weighted by atomic mass is 9.93. The number of aromatic hydroxyl groups is 1. The highest BCUT2D eigenvalue weighted by Crippen LogP contribution is 2.47. The van der Waals surface area contributed by atoms with Crippen LogP contribution in [0.3, 0.4) is 0 Å². The zero-order valence-electron chi connectivity index (χ0n) is 16.7. The fourth-order valence-corrected chi connectivity index (χ4v) is 4.60. The Kier molecular flexibility index (Phi) is 4.55. The summed E-state index contributed by atoms with van der Waals surface area (Å²) in [5, 5.41) is 10.6. The van der Waals surface area contributed by atoms with Gasteiger partial charge in [0.2, 0.25) is 5.91 Å². The van der Waals surface area contributed by atoms with E-state index in [0.717, 1.165) is 30.5 Å². The van der Waals surface area contributed by atoms with E-state index in [-0.39, 0.29) is 18.1 Å². The van der Waals surface area contributed by atoms with Crippen molar-refractivity contribution in [2.45, 2.75) is 31.6 Å². The smallest absolute Gasteiger partial charge is 0.221 e. The Hall–Kier alpha value is -3.53. The number of nitrogens with two attached hydrogens (primary N) is 1. The first kappa shape index (κ1) is 18.5. The summed E-state index contributed by atoms with van der Waals surface area (Å²) in [4.78, 5) is 11.9. The van der Waals surface area contributed by atoms with E-state index in [1.165, 1.54) is 22.3 Å². The number of pyridine rings is 1. The van der Waals surface area contributed by atoms with Gasteiger partial charge in [-0.1, -0.05) is 54.6 Å². The molecule has 0 bridgehead atoms. The Labute approximate surface area is 175 Å². The maximum atomic E-state index is 11.9. The maximum Gasteiger partial charge on any atom is 0.221 e. The summed E-state index contributed by atoms with van der Waals surface area (Å²) in [6.07, 6.45) is 5.06. The summed E-state index contributed by atoms with van der Waals surface area (Å²) in [5.41, 5.74) is 13.1. The molecule has 0 unspecified atom stereocenters. The molecule has 1 fully saturated rings. The molecule has 2 heterocycles. The van der Waals surface area contributed by atoms with Crippen molar-refractivity contribution in [3.63, 3.8) is 0 Å². The van der Waals surface area contributed by atoms with Crippen molar-refractivity contribution in [3.05, 3.63) is 95.3 Å². The van der Waals surface area contributed by atoms with Crippen molar-refractivity contribution in [3.8, 4) is 16.9 Å². The number of fused-ring (bicyclic) bond motifs is 1. The van der Waals surface area contributed by atoms with Gasteiger partial charge < -0.3 is 15.2 Å². The molecule has 0 aliphatic heterocycles. The highest BCUT2D eigenvalue weighted by molar-refractivity contribution is 5.83. The lowest BCUT2D eigenvalue weighted by Gasteiger charge is -2.12. The van der Waals surface area contributed by atoms with Gasteiger partial charge in [-0.05, 0) is 58.7 Å². The van der Waals surface area contributed by atoms with Gasteiger partial charge in [0, 0.05) is 18.3 Å². The van der Waals surface area contributed by atoms with Crippen LogP contribution in [0.2, 0.25) is 0 Å². The molecule has 4 aromatic rings. The van der Waals surface area contributed by atoms with Crippen LogP contribution in [-0.4, -0.2) is 15.4 Å². The second kappa shape index (κ2) is 7.38. The van der Waals surface area contributed by atoms with E-state index in [1.54, 1.807) is 6.07 Å². The lowest BCUT2D eigenvalue weighted by molar-refractivity contribution is -0.117. The first-order valence-corrected chi connectivity index (χ1v) is 10.4. The van der Waals surface area contributed by atoms with Gasteiger partial charge in [-0.2, -0.15) is 0 Å². The van der Waals surface area contributed by atoms with E-state index >= 15 is 0 Å². The fraction of sp³-hybridized carbons (Fsp3) is 0.192. The Morgan fingerprint density at radius 1 is 1.00 bits per heavy atom. The molecule has 5 rings (SSSR count). The zero-order valence-corrected chi connectivity index (χ0v) is 16.7. The summed E-state index contributed by atoms with van der Waals surface area (Å²) >= 11 is 0. The molecule has 0 saturated heterocycles. The average molecular weight is 396 g/mol. The Bertz CT molecular complexity index is 1240. The molecule has 0 atom stereocenters. The van der Waals surface area contributed by atoms with Gasteiger partial charge in [0.1, 0.15) is 5.75 Å². The molecule has 1 aliphatic carbocycles. The van der Waals surface area contributed by atoms with Crippen LogP contribution in [0.25, 0.3) is 16.6 Å². The van der Waals surface area contributed by atoms with Gasteiger partial charge in [0.15, 0.2) is 0 Å². The number of carbonyl (C=O) groups excluding carboxylic acids is 1. The standard InChI is InChI=1S/C26H24N2O2/c27-24(30)16-21-25(18-12-13-18)22(28-14-6-11-23(29)26(21)28)15-19-9-4-5-10-20(19)17-7-2-1-3-8-17/h1-11,14,18,29H,12-13,15-16H2,(H2,27,30). The SMILES string of the molecule is NC(=O)Cc1c(C2CC2)c(Cc2ccccc2-c2ccccc2)n2cccc(O)c12. The minimum Gasteiger partial charge on any atom is -0.506 e. The number of nitrogens with zero attached hydrogens (tertiary/aromatic N) is 1. The minimum absolute atomic E-state index is 0.146. The van der Waals surface area contributed by atoms with Gasteiger partial charge in [0.25, 0.3) is 0 Å². The van der Waals surface area contributed by atoms with Crippen LogP contribution in [0, 0.1) is 0 Å². The van der Waals surface area contributed by atoms with E-state index in [9.17, 15) is 9.90 Å². The molecule has 3 N–H and O–H groups in total. The van der Waals surface area contributed by atoms with Crippen LogP contribution in [0.15, 0.2) is 72.9 Å². The summed E-state index contributed by atoms with van der Waals surface area (Å²) in [5.74, 6) is 0.250. The summed E-state index contributed by atoms with van der Waals surface area (Å²) in [6, 6.07) is 22.4. The van der Waals surface area contributed by atoms with Gasteiger partial charge in [-0.15, -0.1) is 0 Å². The van der Waals surface area contributed by atoms with Crippen LogP contribution >= 0.6 is 0 Å². The second-order valence-corrected chi connectivity index (χ2v) is 8.07. The van der Waals surface area contributed by atoms with E-state index < -0.39 is 0 Å². The van der Waals surface area contributed by atoms with E-state index in [0.29, 0.717) is 11.4 Å². The molecule has 0 radical (unpaired) electrons. The first-order valence-electron chi connectivity index (χ1n) is 10.4. The molecule has 2 aromatic carbocycles. The zero-order chi connectivity index (χ0) is 20.7. The normalized spacial score (nSPS) is 13.6. The van der Waals surface area contributed by atoms with E-state index in [1.807, 2.05) is 18.3 Å². The Morgan fingerprint density at radius 3 is 2.47 bits per heavy atom. The molecule has 4 heteroatoms. The maximum absolute atomic E-state index is 11.9. The number of hydrogen-bond acceptors (Lipinski definition) is 2. The van der Waals surface area contributed by atoms with Crippen LogP contribution in [0.1, 0.15) is 41.1 Å². The topological polar surface area (TPSA) is 67.7 Å². The highest BCUT2D eigenvalue weighted by Gasteiger charge is 2.33. The summed E-state index contributed by atoms with van der Waals surface area (Å²) in [7, 11) is 0. The predicted molar refractivity (Wildman–Crippen MR) is 119 cm³/mol. The van der Waals surface area contributed by atoms with Crippen molar-refractivity contribution >= 4 is 11.4 Å². The molecule has 1 aliphatic rings. The molecule has 0 spiro atoms. The number of hydrogen-bond donors (Lipinski definition) is 2. The summed E-state index contributed by atoms with van der Waals surface area (Å²) < 4.78 is 2.06. The molecule has 30 heavy (non-hydrogen) atoms. The molecule has 1 amide bonds. The molecular formula is C26H24N2O2. The number of amides is 1. The van der Waals surface area contributed by atoms with Gasteiger partial charge >= 0.3 is 0 Å². The van der Waals surface area contributed by atoms with Gasteiger partial charge in [0.05, 0.1) is 11.9 Å². The molecule has 150 valence electrons. The average Bonchev–Trinajstić information content (AvgIpc) is 3.54. The quantitative estimate of drug-likeness (QED) is 0.491. The fourth-order valence-electron chi connectivity index (χ4n) is 4.60. The molecular weight excluding hydrogens is 372 g/mol. The van der Waals surface area contributed by atoms with Crippen LogP contribution < -0.4 is 5.73 Å². The van der Waals surface area contributed by atoms with Crippen molar-refractivity contribution in [1.82, 2.24) is 4.40 Å². The van der Waals surface area contributed by atoms with Crippen LogP contribution in [0.4, 0.5) is 0 Å². The largest absolute Gasteiger partial charge is 0.506 e. The molecule has 2 aromatic heterocycles. The lowest BCUT2D eigenvalue weighted by Crippen LogP contribution is -2.14. The van der Waals surface area contributed by atoms with Crippen molar-refractivity contribution < 1.29 is 9.90 Å². The second-order valence-electron chi connectivity index (χ2n) is 8.07. The minimum atomic E-state index is -0.371. The number of rotatable bonds is 6. The van der Waals surface area contributed by atoms with E-state index in [2.05, 4.69) is 52.9 Å². The number of primary amides is 1. The van der Waals surface area contributed by atoms with Gasteiger partial charge in [-0.3, -0.25) is 4.79 Å². The predicted octanol–water partition coefficient (Wildman–Crippen LogP) is 4.81. The number of benzene rings is 2. The van der Waals surface area contributed by atoms with Crippen LogP contribution in [0.5, 0.6) is 5.75 Å². The molecule has 4 nitrogen and oxygen atoms in total. The number of aromatic nitrogens is 1. The Balaban J connectivity index is 1.71. The highest BCUT2D eigenvalue weighted by atomic mass is 16.3. The van der Waals surface area contributed by atoms with E-state index in [4.69, 9.17) is 5.73 Å². The van der Waals surface area contributed by atoms with Crippen molar-refractivity contribution in [2.75, 3.05) is 0 Å². The van der Waals surface area contributed by atoms with Crippen molar-refractivity contribution in [2.24, 2.45) is 5.73 Å². The molecule has 1 saturated carbocycles. The number of carbonyl (C=O) groups is 1. The van der Waals surface area contributed by atoms with Crippen molar-refractivity contribution in [1.29, 1.82) is 0 Å². The first-order chi connectivity index (χ1) is 14.6. The Morgan fingerprint density at radius 2 is 1.73 bits per heavy atom. The summed E-state index contributed by atoms with van der Waals surface area (Å²) in [6.45, 7) is 0.